The zero-order valence-electron chi connectivity index (χ0n) is 10.0. The first kappa shape index (κ1) is 12.2. The molecule has 0 saturated carbocycles. The largest absolute Gasteiger partial charge is 0.207 e. The van der Waals surface area contributed by atoms with Gasteiger partial charge >= 0.3 is 0 Å². The van der Waals surface area contributed by atoms with Gasteiger partial charge in [0, 0.05) is 5.75 Å². The summed E-state index contributed by atoms with van der Waals surface area (Å²) in [5.74, 6) is 0.609. The van der Waals surface area contributed by atoms with E-state index < -0.39 is 0 Å². The standard InChI is InChI=1S/C15H15FS/c1-11-3-5-12(6-4-11)13-7-8-14(10-17-2)15(16)9-13/h3-9H,10H2,1-2H3. The molecule has 2 heteroatoms. The lowest BCUT2D eigenvalue weighted by Gasteiger charge is -2.06. The number of hydrogen-bond acceptors (Lipinski definition) is 1. The van der Waals surface area contributed by atoms with Crippen molar-refractivity contribution in [1.29, 1.82) is 0 Å². The van der Waals surface area contributed by atoms with Crippen molar-refractivity contribution in [3.63, 3.8) is 0 Å². The van der Waals surface area contributed by atoms with E-state index in [0.717, 1.165) is 22.4 Å². The van der Waals surface area contributed by atoms with Gasteiger partial charge in [-0.3, -0.25) is 0 Å². The topological polar surface area (TPSA) is 0 Å². The van der Waals surface area contributed by atoms with Gasteiger partial charge in [0.05, 0.1) is 0 Å². The molecule has 0 saturated heterocycles. The molecule has 0 unspecified atom stereocenters. The minimum Gasteiger partial charge on any atom is -0.207 e. The average Bonchev–Trinajstić information content (AvgIpc) is 2.33. The first-order valence-electron chi connectivity index (χ1n) is 5.55. The number of halogens is 1. The third kappa shape index (κ3) is 2.89. The Morgan fingerprint density at radius 3 is 2.24 bits per heavy atom. The van der Waals surface area contributed by atoms with Crippen LogP contribution in [0.2, 0.25) is 0 Å². The van der Waals surface area contributed by atoms with Crippen LogP contribution < -0.4 is 0 Å². The van der Waals surface area contributed by atoms with Crippen molar-refractivity contribution in [2.24, 2.45) is 0 Å². The summed E-state index contributed by atoms with van der Waals surface area (Å²) in [7, 11) is 0. The number of benzene rings is 2. The molecular formula is C15H15FS. The molecule has 2 aromatic carbocycles. The lowest BCUT2D eigenvalue weighted by Crippen LogP contribution is -1.88. The zero-order chi connectivity index (χ0) is 12.3. The van der Waals surface area contributed by atoms with Gasteiger partial charge in [0.1, 0.15) is 5.82 Å². The maximum Gasteiger partial charge on any atom is 0.127 e. The molecule has 0 aliphatic heterocycles. The lowest BCUT2D eigenvalue weighted by atomic mass is 10.0. The molecule has 0 fully saturated rings. The SMILES string of the molecule is CSCc1ccc(-c2ccc(C)cc2)cc1F. The van der Waals surface area contributed by atoms with E-state index in [1.54, 1.807) is 17.8 Å². The van der Waals surface area contributed by atoms with Crippen molar-refractivity contribution in [2.45, 2.75) is 12.7 Å². The summed E-state index contributed by atoms with van der Waals surface area (Å²) in [5.41, 5.74) is 3.99. The highest BCUT2D eigenvalue weighted by molar-refractivity contribution is 7.97. The van der Waals surface area contributed by atoms with Gasteiger partial charge in [-0.15, -0.1) is 0 Å². The van der Waals surface area contributed by atoms with Gasteiger partial charge in [0.25, 0.3) is 0 Å². The Bertz CT molecular complexity index is 503. The van der Waals surface area contributed by atoms with E-state index in [-0.39, 0.29) is 5.82 Å². The summed E-state index contributed by atoms with van der Waals surface area (Å²) < 4.78 is 13.8. The van der Waals surface area contributed by atoms with Crippen molar-refractivity contribution >= 4 is 11.8 Å². The van der Waals surface area contributed by atoms with E-state index in [2.05, 4.69) is 0 Å². The van der Waals surface area contributed by atoms with Gasteiger partial charge in [-0.25, -0.2) is 4.39 Å². The van der Waals surface area contributed by atoms with Crippen LogP contribution in [0.4, 0.5) is 4.39 Å². The molecule has 0 radical (unpaired) electrons. The van der Waals surface area contributed by atoms with Crippen LogP contribution in [-0.2, 0) is 5.75 Å². The minimum absolute atomic E-state index is 0.113. The van der Waals surface area contributed by atoms with Crippen LogP contribution in [0.3, 0.4) is 0 Å². The summed E-state index contributed by atoms with van der Waals surface area (Å²) in [4.78, 5) is 0. The summed E-state index contributed by atoms with van der Waals surface area (Å²) >= 11 is 1.63. The van der Waals surface area contributed by atoms with Crippen molar-refractivity contribution in [2.75, 3.05) is 6.26 Å². The second-order valence-corrected chi connectivity index (χ2v) is 4.97. The Balaban J connectivity index is 2.34. The molecule has 0 aliphatic carbocycles. The molecule has 2 aromatic rings. The highest BCUT2D eigenvalue weighted by Crippen LogP contribution is 2.23. The van der Waals surface area contributed by atoms with Gasteiger partial charge in [0.15, 0.2) is 0 Å². The summed E-state index contributed by atoms with van der Waals surface area (Å²) in [6, 6.07) is 13.6. The molecule has 2 rings (SSSR count). The molecule has 0 atom stereocenters. The van der Waals surface area contributed by atoms with Crippen LogP contribution in [0.15, 0.2) is 42.5 Å². The number of hydrogen-bond donors (Lipinski definition) is 0. The van der Waals surface area contributed by atoms with Gasteiger partial charge in [-0.2, -0.15) is 11.8 Å². The molecule has 0 heterocycles. The highest BCUT2D eigenvalue weighted by atomic mass is 32.2. The number of thioether (sulfide) groups is 1. The van der Waals surface area contributed by atoms with E-state index >= 15 is 0 Å². The minimum atomic E-state index is -0.113. The Morgan fingerprint density at radius 2 is 1.65 bits per heavy atom. The summed E-state index contributed by atoms with van der Waals surface area (Å²) in [6.45, 7) is 2.05. The molecule has 88 valence electrons. The van der Waals surface area contributed by atoms with Gasteiger partial charge < -0.3 is 0 Å². The number of aryl methyl sites for hydroxylation is 1. The third-order valence-corrected chi connectivity index (χ3v) is 3.34. The Kier molecular flexibility index (Phi) is 3.85. The molecule has 0 bridgehead atoms. The van der Waals surface area contributed by atoms with Crippen LogP contribution in [0.1, 0.15) is 11.1 Å². The lowest BCUT2D eigenvalue weighted by molar-refractivity contribution is 0.618. The first-order chi connectivity index (χ1) is 8.20. The summed E-state index contributed by atoms with van der Waals surface area (Å²) in [5, 5.41) is 0. The van der Waals surface area contributed by atoms with Gasteiger partial charge in [-0.1, -0.05) is 42.0 Å². The fraction of sp³-hybridized carbons (Fsp3) is 0.200. The van der Waals surface area contributed by atoms with Crippen molar-refractivity contribution < 1.29 is 4.39 Å². The van der Waals surface area contributed by atoms with Gasteiger partial charge in [-0.05, 0) is 35.9 Å². The average molecular weight is 246 g/mol. The van der Waals surface area contributed by atoms with Crippen molar-refractivity contribution in [3.8, 4) is 11.1 Å². The van der Waals surface area contributed by atoms with E-state index in [0.29, 0.717) is 0 Å². The fourth-order valence-corrected chi connectivity index (χ4v) is 2.29. The molecule has 0 amide bonds. The maximum absolute atomic E-state index is 13.8. The molecule has 0 nitrogen and oxygen atoms in total. The predicted molar refractivity (Wildman–Crippen MR) is 73.8 cm³/mol. The van der Waals surface area contributed by atoms with Crippen LogP contribution in [0.25, 0.3) is 11.1 Å². The van der Waals surface area contributed by atoms with Crippen LogP contribution >= 0.6 is 11.8 Å². The van der Waals surface area contributed by atoms with Crippen molar-refractivity contribution in [3.05, 3.63) is 59.4 Å². The van der Waals surface area contributed by atoms with E-state index in [1.165, 1.54) is 5.56 Å². The van der Waals surface area contributed by atoms with Gasteiger partial charge in [0.2, 0.25) is 0 Å². The number of rotatable bonds is 3. The molecule has 0 aliphatic rings. The Morgan fingerprint density at radius 1 is 1.00 bits per heavy atom. The zero-order valence-corrected chi connectivity index (χ0v) is 10.9. The monoisotopic (exact) mass is 246 g/mol. The van der Waals surface area contributed by atoms with E-state index in [4.69, 9.17) is 0 Å². The van der Waals surface area contributed by atoms with Crippen LogP contribution in [0.5, 0.6) is 0 Å². The molecule has 0 N–H and O–H groups in total. The normalized spacial score (nSPS) is 10.5. The first-order valence-corrected chi connectivity index (χ1v) is 6.94. The second kappa shape index (κ2) is 5.37. The quantitative estimate of drug-likeness (QED) is 0.758. The molecule has 0 spiro atoms. The predicted octanol–water partition coefficient (Wildman–Crippen LogP) is 4.66. The Hall–Kier alpha value is -1.28. The third-order valence-electron chi connectivity index (χ3n) is 2.74. The highest BCUT2D eigenvalue weighted by Gasteiger charge is 2.04. The molecule has 0 aromatic heterocycles. The van der Waals surface area contributed by atoms with E-state index in [1.807, 2.05) is 49.6 Å². The smallest absolute Gasteiger partial charge is 0.127 e. The van der Waals surface area contributed by atoms with E-state index in [9.17, 15) is 4.39 Å². The fourth-order valence-electron chi connectivity index (χ4n) is 1.75. The van der Waals surface area contributed by atoms with Crippen LogP contribution in [0, 0.1) is 12.7 Å². The molecule has 17 heavy (non-hydrogen) atoms. The van der Waals surface area contributed by atoms with Crippen LogP contribution in [-0.4, -0.2) is 6.26 Å². The van der Waals surface area contributed by atoms with Crippen molar-refractivity contribution in [1.82, 2.24) is 0 Å². The summed E-state index contributed by atoms with van der Waals surface area (Å²) in [6.07, 6.45) is 1.98. The second-order valence-electron chi connectivity index (χ2n) is 4.11. The Labute approximate surface area is 106 Å². The maximum atomic E-state index is 13.8. The molecular weight excluding hydrogens is 231 g/mol.